The van der Waals surface area contributed by atoms with Crippen molar-refractivity contribution in [3.05, 3.63) is 41.5 Å². The molecule has 1 atom stereocenters. The zero-order chi connectivity index (χ0) is 22.2. The molecule has 0 radical (unpaired) electrons. The van der Waals surface area contributed by atoms with E-state index in [4.69, 9.17) is 0 Å². The van der Waals surface area contributed by atoms with Crippen LogP contribution >= 0.6 is 22.7 Å². The monoisotopic (exact) mass is 482 g/mol. The van der Waals surface area contributed by atoms with E-state index in [1.165, 1.54) is 27.8 Å². The van der Waals surface area contributed by atoms with E-state index in [1.807, 2.05) is 19.0 Å². The number of hydrogen-bond acceptors (Lipinski definition) is 7. The van der Waals surface area contributed by atoms with Gasteiger partial charge in [-0.1, -0.05) is 17.4 Å². The number of benzene rings is 1. The Kier molecular flexibility index (Phi) is 6.40. The summed E-state index contributed by atoms with van der Waals surface area (Å²) in [4.78, 5) is 21.7. The molecule has 1 saturated heterocycles. The van der Waals surface area contributed by atoms with E-state index in [-0.39, 0.29) is 15.9 Å². The van der Waals surface area contributed by atoms with E-state index in [2.05, 4.69) is 4.98 Å². The van der Waals surface area contributed by atoms with Crippen molar-refractivity contribution in [2.45, 2.75) is 23.1 Å². The lowest BCUT2D eigenvalue weighted by Crippen LogP contribution is -2.49. The molecular formula is C20H23FN4O3S3. The minimum absolute atomic E-state index is 0.238. The number of rotatable bonds is 7. The van der Waals surface area contributed by atoms with Crippen molar-refractivity contribution in [1.82, 2.24) is 14.2 Å². The molecule has 4 rings (SSSR count). The van der Waals surface area contributed by atoms with Gasteiger partial charge in [0.2, 0.25) is 5.91 Å². The molecule has 0 bridgehead atoms. The summed E-state index contributed by atoms with van der Waals surface area (Å²) in [5.74, 6) is -0.656. The second kappa shape index (κ2) is 8.91. The van der Waals surface area contributed by atoms with Crippen LogP contribution in [-0.4, -0.2) is 68.3 Å². The number of thiophene rings is 1. The average Bonchev–Trinajstić information content (AvgIpc) is 3.47. The first-order chi connectivity index (χ1) is 14.8. The van der Waals surface area contributed by atoms with Crippen LogP contribution in [0.2, 0.25) is 0 Å². The number of hydrogen-bond donors (Lipinski definition) is 0. The van der Waals surface area contributed by atoms with Crippen LogP contribution in [0.3, 0.4) is 0 Å². The van der Waals surface area contributed by atoms with Crippen LogP contribution in [0.4, 0.5) is 9.52 Å². The summed E-state index contributed by atoms with van der Waals surface area (Å²) < 4.78 is 42.1. The van der Waals surface area contributed by atoms with E-state index in [1.54, 1.807) is 28.5 Å². The van der Waals surface area contributed by atoms with Crippen LogP contribution in [0.1, 0.15) is 12.8 Å². The van der Waals surface area contributed by atoms with Gasteiger partial charge in [-0.15, -0.1) is 11.3 Å². The van der Waals surface area contributed by atoms with Crippen molar-refractivity contribution in [1.29, 1.82) is 0 Å². The average molecular weight is 483 g/mol. The summed E-state index contributed by atoms with van der Waals surface area (Å²) in [6.45, 7) is 1.25. The molecule has 1 unspecified atom stereocenters. The predicted molar refractivity (Wildman–Crippen MR) is 122 cm³/mol. The Balaban J connectivity index is 1.67. The van der Waals surface area contributed by atoms with Crippen LogP contribution in [0.5, 0.6) is 0 Å². The Labute approximate surface area is 188 Å². The van der Waals surface area contributed by atoms with Crippen LogP contribution in [-0.2, 0) is 14.8 Å². The van der Waals surface area contributed by atoms with Gasteiger partial charge in [0.1, 0.15) is 16.1 Å². The number of fused-ring (bicyclic) bond motifs is 1. The Bertz CT molecular complexity index is 1180. The number of carbonyl (C=O) groups excluding carboxylic acids is 1. The number of anilines is 1. The Morgan fingerprint density at radius 1 is 1.29 bits per heavy atom. The van der Waals surface area contributed by atoms with E-state index in [0.29, 0.717) is 47.8 Å². The second-order valence-electron chi connectivity index (χ2n) is 7.61. The van der Waals surface area contributed by atoms with Gasteiger partial charge in [0.05, 0.1) is 10.2 Å². The van der Waals surface area contributed by atoms with Crippen molar-refractivity contribution in [2.75, 3.05) is 38.6 Å². The normalized spacial score (nSPS) is 17.6. The fourth-order valence-electron chi connectivity index (χ4n) is 3.58. The van der Waals surface area contributed by atoms with Gasteiger partial charge in [-0.05, 0) is 56.6 Å². The summed E-state index contributed by atoms with van der Waals surface area (Å²) in [5, 5.41) is 2.16. The van der Waals surface area contributed by atoms with E-state index < -0.39 is 16.1 Å². The van der Waals surface area contributed by atoms with Crippen LogP contribution in [0, 0.1) is 5.82 Å². The smallest absolute Gasteiger partial charge is 0.253 e. The first kappa shape index (κ1) is 22.3. The van der Waals surface area contributed by atoms with Crippen LogP contribution in [0.15, 0.2) is 39.9 Å². The van der Waals surface area contributed by atoms with Crippen LogP contribution in [0.25, 0.3) is 10.2 Å². The first-order valence-electron chi connectivity index (χ1n) is 9.85. The molecule has 1 amide bonds. The summed E-state index contributed by atoms with van der Waals surface area (Å²) >= 11 is 2.38. The summed E-state index contributed by atoms with van der Waals surface area (Å²) in [7, 11) is 0.0651. The Morgan fingerprint density at radius 2 is 2.10 bits per heavy atom. The largest absolute Gasteiger partial charge is 0.308 e. The number of halogens is 1. The number of thiazole rings is 1. The highest BCUT2D eigenvalue weighted by Crippen LogP contribution is 2.33. The van der Waals surface area contributed by atoms with Gasteiger partial charge in [-0.3, -0.25) is 9.69 Å². The van der Waals surface area contributed by atoms with E-state index in [0.717, 1.165) is 11.3 Å². The van der Waals surface area contributed by atoms with Gasteiger partial charge in [0.15, 0.2) is 5.13 Å². The molecule has 0 aliphatic carbocycles. The van der Waals surface area contributed by atoms with Gasteiger partial charge >= 0.3 is 0 Å². The van der Waals surface area contributed by atoms with Crippen molar-refractivity contribution in [2.24, 2.45) is 0 Å². The molecule has 3 heterocycles. The maximum atomic E-state index is 13.6. The van der Waals surface area contributed by atoms with Gasteiger partial charge in [0.25, 0.3) is 10.0 Å². The maximum absolute atomic E-state index is 13.6. The van der Waals surface area contributed by atoms with Gasteiger partial charge in [-0.25, -0.2) is 17.8 Å². The number of nitrogens with zero attached hydrogens (tertiary/aromatic N) is 4. The van der Waals surface area contributed by atoms with Crippen LogP contribution < -0.4 is 4.90 Å². The number of aromatic nitrogens is 1. The highest BCUT2D eigenvalue weighted by molar-refractivity contribution is 7.91. The molecule has 11 heteroatoms. The second-order valence-corrected chi connectivity index (χ2v) is 11.7. The molecule has 1 aliphatic rings. The summed E-state index contributed by atoms with van der Waals surface area (Å²) in [6.07, 6.45) is 1.08. The standard InChI is InChI=1S/C20H23FN4O3S3/c1-23(2)10-11-24(20-22-15-8-7-14(21)13-17(15)30-20)19(26)16-5-3-9-25(16)31(27,28)18-6-4-12-29-18/h4,6-8,12-13,16H,3,5,9-11H2,1-2H3. The minimum Gasteiger partial charge on any atom is -0.308 e. The molecule has 0 N–H and O–H groups in total. The number of amides is 1. The fraction of sp³-hybridized carbons (Fsp3) is 0.400. The minimum atomic E-state index is -3.74. The highest BCUT2D eigenvalue weighted by atomic mass is 32.2. The molecule has 3 aromatic rings. The topological polar surface area (TPSA) is 73.8 Å². The lowest BCUT2D eigenvalue weighted by atomic mass is 10.2. The molecule has 166 valence electrons. The molecule has 1 fully saturated rings. The first-order valence-corrected chi connectivity index (χ1v) is 13.0. The van der Waals surface area contributed by atoms with Gasteiger partial charge < -0.3 is 4.90 Å². The summed E-state index contributed by atoms with van der Waals surface area (Å²) in [5.41, 5.74) is 0.610. The maximum Gasteiger partial charge on any atom is 0.253 e. The van der Waals surface area contributed by atoms with Gasteiger partial charge in [-0.2, -0.15) is 4.31 Å². The molecule has 7 nitrogen and oxygen atoms in total. The van der Waals surface area contributed by atoms with Crippen molar-refractivity contribution >= 4 is 54.0 Å². The Morgan fingerprint density at radius 3 is 2.81 bits per heavy atom. The fourth-order valence-corrected chi connectivity index (χ4v) is 7.37. The quantitative estimate of drug-likeness (QED) is 0.517. The van der Waals surface area contributed by atoms with Gasteiger partial charge in [0, 0.05) is 19.6 Å². The molecule has 31 heavy (non-hydrogen) atoms. The van der Waals surface area contributed by atoms with E-state index >= 15 is 0 Å². The SMILES string of the molecule is CN(C)CCN(C(=O)C1CCCN1S(=O)(=O)c1cccs1)c1nc2ccc(F)cc2s1. The third-order valence-electron chi connectivity index (χ3n) is 5.15. The molecule has 2 aromatic heterocycles. The Hall–Kier alpha value is -1.92. The lowest BCUT2D eigenvalue weighted by molar-refractivity contribution is -0.121. The number of carbonyl (C=O) groups is 1. The predicted octanol–water partition coefficient (Wildman–Crippen LogP) is 3.24. The highest BCUT2D eigenvalue weighted by Gasteiger charge is 2.42. The molecular weight excluding hydrogens is 459 g/mol. The summed E-state index contributed by atoms with van der Waals surface area (Å²) in [6, 6.07) is 6.79. The van der Waals surface area contributed by atoms with Crippen molar-refractivity contribution in [3.63, 3.8) is 0 Å². The van der Waals surface area contributed by atoms with Crippen molar-refractivity contribution in [3.8, 4) is 0 Å². The third kappa shape index (κ3) is 4.51. The lowest BCUT2D eigenvalue weighted by Gasteiger charge is -2.29. The zero-order valence-electron chi connectivity index (χ0n) is 17.2. The molecule has 0 spiro atoms. The number of sulfonamides is 1. The zero-order valence-corrected chi connectivity index (χ0v) is 19.6. The third-order valence-corrected chi connectivity index (χ3v) is 9.48. The molecule has 0 saturated carbocycles. The molecule has 1 aromatic carbocycles. The van der Waals surface area contributed by atoms with E-state index in [9.17, 15) is 17.6 Å². The van der Waals surface area contributed by atoms with Crippen molar-refractivity contribution < 1.29 is 17.6 Å². The molecule has 1 aliphatic heterocycles. The number of likely N-dealkylation sites (N-methyl/N-ethyl adjacent to an activating group) is 1.